The topological polar surface area (TPSA) is 47.4 Å². The molecule has 0 unspecified atom stereocenters. The molecule has 1 atom stereocenters. The van der Waals surface area contributed by atoms with E-state index in [1.165, 1.54) is 0 Å². The van der Waals surface area contributed by atoms with Gasteiger partial charge in [-0.05, 0) is 18.6 Å². The summed E-state index contributed by atoms with van der Waals surface area (Å²) in [5.74, 6) is 0.875. The highest BCUT2D eigenvalue weighted by molar-refractivity contribution is 5.91. The number of benzene rings is 1. The highest BCUT2D eigenvalue weighted by atomic mass is 16.5. The van der Waals surface area contributed by atoms with Gasteiger partial charge in [-0.3, -0.25) is 4.79 Å². The lowest BCUT2D eigenvalue weighted by Gasteiger charge is -2.32. The van der Waals surface area contributed by atoms with Crippen molar-refractivity contribution in [1.82, 2.24) is 14.5 Å². The average Bonchev–Trinajstić information content (AvgIpc) is 2.92. The molecule has 5 heteroatoms. The van der Waals surface area contributed by atoms with Gasteiger partial charge in [0.1, 0.15) is 11.9 Å². The molecule has 1 saturated heterocycles. The normalized spacial score (nSPS) is 18.5. The van der Waals surface area contributed by atoms with Crippen LogP contribution in [0.2, 0.25) is 0 Å². The van der Waals surface area contributed by atoms with Crippen LogP contribution in [-0.2, 0) is 16.6 Å². The maximum atomic E-state index is 12.4. The molecule has 1 aliphatic heterocycles. The van der Waals surface area contributed by atoms with E-state index in [-0.39, 0.29) is 12.0 Å². The Bertz CT molecular complexity index is 706. The van der Waals surface area contributed by atoms with Gasteiger partial charge in [-0.2, -0.15) is 0 Å². The Morgan fingerprint density at radius 3 is 2.83 bits per heavy atom. The minimum atomic E-state index is -0.170. The van der Waals surface area contributed by atoms with Gasteiger partial charge in [-0.1, -0.05) is 30.3 Å². The molecule has 0 aliphatic carbocycles. The highest BCUT2D eigenvalue weighted by Crippen LogP contribution is 2.21. The molecule has 2 aromatic rings. The molecule has 0 radical (unpaired) electrons. The third kappa shape index (κ3) is 3.68. The third-order valence-corrected chi connectivity index (χ3v) is 3.92. The van der Waals surface area contributed by atoms with Crippen LogP contribution in [0.4, 0.5) is 0 Å². The second-order valence-electron chi connectivity index (χ2n) is 5.74. The molecular formula is C18H21N3O2. The first kappa shape index (κ1) is 15.5. The molecule has 1 amide bonds. The van der Waals surface area contributed by atoms with Crippen molar-refractivity contribution in [3.8, 4) is 0 Å². The van der Waals surface area contributed by atoms with Crippen molar-refractivity contribution >= 4 is 12.0 Å². The van der Waals surface area contributed by atoms with E-state index >= 15 is 0 Å². The first-order valence-corrected chi connectivity index (χ1v) is 7.77. The van der Waals surface area contributed by atoms with E-state index in [4.69, 9.17) is 4.74 Å². The second-order valence-corrected chi connectivity index (χ2v) is 5.74. The van der Waals surface area contributed by atoms with Gasteiger partial charge in [-0.25, -0.2) is 4.98 Å². The number of imidazole rings is 1. The summed E-state index contributed by atoms with van der Waals surface area (Å²) in [6.07, 6.45) is 5.27. The van der Waals surface area contributed by atoms with E-state index < -0.39 is 0 Å². The molecular weight excluding hydrogens is 290 g/mol. The Labute approximate surface area is 136 Å². The fourth-order valence-electron chi connectivity index (χ4n) is 2.78. The predicted octanol–water partition coefficient (Wildman–Crippen LogP) is 2.34. The van der Waals surface area contributed by atoms with Gasteiger partial charge in [0.15, 0.2) is 0 Å². The smallest absolute Gasteiger partial charge is 0.246 e. The second kappa shape index (κ2) is 6.79. The minimum absolute atomic E-state index is 0.00749. The third-order valence-electron chi connectivity index (χ3n) is 3.92. The molecule has 0 N–H and O–H groups in total. The molecule has 0 spiro atoms. The standard InChI is InChI=1S/C18H21N3O2/c1-14-12-20(2)18(19-14)16-13-21(10-11-23-16)17(22)9-8-15-6-4-3-5-7-15/h3-9,12,16H,10-11,13H2,1-2H3/b9-8+/t16-/m1/s1. The summed E-state index contributed by atoms with van der Waals surface area (Å²) in [7, 11) is 1.95. The summed E-state index contributed by atoms with van der Waals surface area (Å²) < 4.78 is 7.77. The number of hydrogen-bond donors (Lipinski definition) is 0. The van der Waals surface area contributed by atoms with Crippen molar-refractivity contribution in [3.63, 3.8) is 0 Å². The summed E-state index contributed by atoms with van der Waals surface area (Å²) in [4.78, 5) is 18.7. The number of carbonyl (C=O) groups is 1. The molecule has 23 heavy (non-hydrogen) atoms. The van der Waals surface area contributed by atoms with Gasteiger partial charge in [0.2, 0.25) is 5.91 Å². The summed E-state index contributed by atoms with van der Waals surface area (Å²) in [5.41, 5.74) is 1.98. The molecule has 0 bridgehead atoms. The van der Waals surface area contributed by atoms with Crippen LogP contribution >= 0.6 is 0 Å². The van der Waals surface area contributed by atoms with E-state index in [9.17, 15) is 4.79 Å². The highest BCUT2D eigenvalue weighted by Gasteiger charge is 2.27. The zero-order valence-corrected chi connectivity index (χ0v) is 13.5. The van der Waals surface area contributed by atoms with Gasteiger partial charge < -0.3 is 14.2 Å². The van der Waals surface area contributed by atoms with Gasteiger partial charge in [0.05, 0.1) is 18.8 Å². The number of nitrogens with zero attached hydrogens (tertiary/aromatic N) is 3. The van der Waals surface area contributed by atoms with Gasteiger partial charge in [0, 0.05) is 25.9 Å². The maximum absolute atomic E-state index is 12.4. The van der Waals surface area contributed by atoms with Crippen LogP contribution in [-0.4, -0.2) is 40.1 Å². The fourth-order valence-corrected chi connectivity index (χ4v) is 2.78. The lowest BCUT2D eigenvalue weighted by atomic mass is 10.2. The van der Waals surface area contributed by atoms with Crippen LogP contribution in [0.3, 0.4) is 0 Å². The summed E-state index contributed by atoms with van der Waals surface area (Å²) in [5, 5.41) is 0. The molecule has 1 aliphatic rings. The molecule has 3 rings (SSSR count). The number of rotatable bonds is 3. The van der Waals surface area contributed by atoms with Gasteiger partial charge >= 0.3 is 0 Å². The van der Waals surface area contributed by atoms with Crippen LogP contribution < -0.4 is 0 Å². The first-order valence-electron chi connectivity index (χ1n) is 7.77. The summed E-state index contributed by atoms with van der Waals surface area (Å²) >= 11 is 0. The van der Waals surface area contributed by atoms with Crippen molar-refractivity contribution in [2.24, 2.45) is 7.05 Å². The van der Waals surface area contributed by atoms with E-state index in [0.29, 0.717) is 19.7 Å². The first-order chi connectivity index (χ1) is 11.1. The molecule has 1 aromatic carbocycles. The number of hydrogen-bond acceptors (Lipinski definition) is 3. The Hall–Kier alpha value is -2.40. The number of amides is 1. The molecule has 1 fully saturated rings. The van der Waals surface area contributed by atoms with E-state index in [1.54, 1.807) is 6.08 Å². The lowest BCUT2D eigenvalue weighted by molar-refractivity contribution is -0.134. The Kier molecular flexibility index (Phi) is 4.57. The van der Waals surface area contributed by atoms with Crippen molar-refractivity contribution in [1.29, 1.82) is 0 Å². The monoisotopic (exact) mass is 311 g/mol. The van der Waals surface area contributed by atoms with E-state index in [1.807, 2.05) is 66.0 Å². The van der Waals surface area contributed by atoms with Crippen LogP contribution in [0.5, 0.6) is 0 Å². The summed E-state index contributed by atoms with van der Waals surface area (Å²) in [6, 6.07) is 9.82. The molecule has 1 aromatic heterocycles. The zero-order chi connectivity index (χ0) is 16.2. The predicted molar refractivity (Wildman–Crippen MR) is 88.7 cm³/mol. The van der Waals surface area contributed by atoms with Crippen LogP contribution in [0, 0.1) is 6.92 Å². The maximum Gasteiger partial charge on any atom is 0.246 e. The number of aryl methyl sites for hydroxylation is 2. The SMILES string of the molecule is Cc1cn(C)c([C@H]2CN(C(=O)/C=C/c3ccccc3)CCO2)n1. The number of morpholine rings is 1. The average molecular weight is 311 g/mol. The van der Waals surface area contributed by atoms with Crippen molar-refractivity contribution < 1.29 is 9.53 Å². The number of carbonyl (C=O) groups excluding carboxylic acids is 1. The Balaban J connectivity index is 1.67. The molecule has 5 nitrogen and oxygen atoms in total. The van der Waals surface area contributed by atoms with Gasteiger partial charge in [-0.15, -0.1) is 0 Å². The lowest BCUT2D eigenvalue weighted by Crippen LogP contribution is -2.42. The quantitative estimate of drug-likeness (QED) is 0.818. The summed E-state index contributed by atoms with van der Waals surface area (Å²) in [6.45, 7) is 3.62. The van der Waals surface area contributed by atoms with E-state index in [0.717, 1.165) is 17.1 Å². The van der Waals surface area contributed by atoms with Gasteiger partial charge in [0.25, 0.3) is 0 Å². The number of ether oxygens (including phenoxy) is 1. The van der Waals surface area contributed by atoms with Crippen molar-refractivity contribution in [2.75, 3.05) is 19.7 Å². The van der Waals surface area contributed by atoms with Crippen molar-refractivity contribution in [3.05, 3.63) is 59.7 Å². The zero-order valence-electron chi connectivity index (χ0n) is 13.5. The Morgan fingerprint density at radius 1 is 1.35 bits per heavy atom. The largest absolute Gasteiger partial charge is 0.367 e. The Morgan fingerprint density at radius 2 is 2.13 bits per heavy atom. The molecule has 0 saturated carbocycles. The molecule has 120 valence electrons. The van der Waals surface area contributed by atoms with Crippen LogP contribution in [0.25, 0.3) is 6.08 Å². The molecule has 2 heterocycles. The van der Waals surface area contributed by atoms with Crippen LogP contribution in [0.15, 0.2) is 42.6 Å². The van der Waals surface area contributed by atoms with E-state index in [2.05, 4.69) is 4.98 Å². The fraction of sp³-hybridized carbons (Fsp3) is 0.333. The minimum Gasteiger partial charge on any atom is -0.367 e. The van der Waals surface area contributed by atoms with Crippen molar-refractivity contribution in [2.45, 2.75) is 13.0 Å². The van der Waals surface area contributed by atoms with Crippen LogP contribution in [0.1, 0.15) is 23.2 Å². The number of aromatic nitrogens is 2.